The third-order valence-electron chi connectivity index (χ3n) is 3.88. The van der Waals surface area contributed by atoms with Crippen molar-refractivity contribution in [3.05, 3.63) is 35.5 Å². The fourth-order valence-electron chi connectivity index (χ4n) is 2.78. The van der Waals surface area contributed by atoms with Crippen molar-refractivity contribution in [1.29, 1.82) is 0 Å². The van der Waals surface area contributed by atoms with Gasteiger partial charge in [-0.1, -0.05) is 0 Å². The lowest BCUT2D eigenvalue weighted by Gasteiger charge is -2.32. The Kier molecular flexibility index (Phi) is 3.19. The van der Waals surface area contributed by atoms with Crippen LogP contribution in [0, 0.1) is 13.8 Å². The Morgan fingerprint density at radius 3 is 2.63 bits per heavy atom. The molecule has 3 rings (SSSR count). The van der Waals surface area contributed by atoms with E-state index >= 15 is 0 Å². The molecule has 100 valence electrons. The summed E-state index contributed by atoms with van der Waals surface area (Å²) in [5.74, 6) is 1.65. The summed E-state index contributed by atoms with van der Waals surface area (Å²) in [6.45, 7) is 6.21. The molecule has 3 heterocycles. The molecule has 0 amide bonds. The lowest BCUT2D eigenvalue weighted by atomic mass is 9.92. The summed E-state index contributed by atoms with van der Waals surface area (Å²) in [4.78, 5) is 10.9. The number of hydrogen-bond acceptors (Lipinski definition) is 4. The van der Waals surface area contributed by atoms with Crippen LogP contribution in [0.2, 0.25) is 0 Å². The van der Waals surface area contributed by atoms with Crippen LogP contribution in [0.15, 0.2) is 18.6 Å². The highest BCUT2D eigenvalue weighted by Gasteiger charge is 2.23. The van der Waals surface area contributed by atoms with E-state index in [0.29, 0.717) is 5.92 Å². The molecule has 0 atom stereocenters. The second-order valence-corrected chi connectivity index (χ2v) is 5.25. The summed E-state index contributed by atoms with van der Waals surface area (Å²) in [6.07, 6.45) is 5.85. The Balaban J connectivity index is 1.68. The molecule has 19 heavy (non-hydrogen) atoms. The van der Waals surface area contributed by atoms with Crippen molar-refractivity contribution >= 4 is 5.82 Å². The summed E-state index contributed by atoms with van der Waals surface area (Å²) < 4.78 is 0. The van der Waals surface area contributed by atoms with Crippen molar-refractivity contribution in [2.45, 2.75) is 32.6 Å². The summed E-state index contributed by atoms with van der Waals surface area (Å²) in [7, 11) is 0. The number of hydrogen-bond donors (Lipinski definition) is 1. The second kappa shape index (κ2) is 4.99. The third kappa shape index (κ3) is 2.45. The molecule has 2 aromatic heterocycles. The second-order valence-electron chi connectivity index (χ2n) is 5.25. The molecule has 0 aromatic carbocycles. The molecule has 0 bridgehead atoms. The predicted molar refractivity (Wildman–Crippen MR) is 74.3 cm³/mol. The van der Waals surface area contributed by atoms with Crippen LogP contribution in [0.5, 0.6) is 0 Å². The van der Waals surface area contributed by atoms with Crippen LogP contribution in [0.25, 0.3) is 0 Å². The Morgan fingerprint density at radius 2 is 2.00 bits per heavy atom. The first-order valence-electron chi connectivity index (χ1n) is 6.77. The van der Waals surface area contributed by atoms with E-state index in [0.717, 1.165) is 37.4 Å². The van der Waals surface area contributed by atoms with E-state index in [1.165, 1.54) is 11.3 Å². The molecule has 0 saturated carbocycles. The molecule has 0 radical (unpaired) electrons. The number of H-pyrrole nitrogens is 1. The number of aromatic amines is 1. The minimum absolute atomic E-state index is 0.599. The molecule has 0 unspecified atom stereocenters. The number of aromatic nitrogens is 4. The van der Waals surface area contributed by atoms with Crippen LogP contribution in [0.3, 0.4) is 0 Å². The molecule has 5 heteroatoms. The van der Waals surface area contributed by atoms with Gasteiger partial charge in [0.1, 0.15) is 12.1 Å². The smallest absolute Gasteiger partial charge is 0.132 e. The highest BCUT2D eigenvalue weighted by atomic mass is 15.2. The van der Waals surface area contributed by atoms with Crippen molar-refractivity contribution in [3.8, 4) is 0 Å². The van der Waals surface area contributed by atoms with Crippen LogP contribution in [0.4, 0.5) is 5.82 Å². The SMILES string of the molecule is Cc1cc(N2CCC(c3[nH]ncc3C)CC2)ncn1. The molecular weight excluding hydrogens is 238 g/mol. The van der Waals surface area contributed by atoms with Gasteiger partial charge in [0, 0.05) is 36.5 Å². The van der Waals surface area contributed by atoms with Gasteiger partial charge in [0.2, 0.25) is 0 Å². The minimum atomic E-state index is 0.599. The van der Waals surface area contributed by atoms with Gasteiger partial charge in [-0.25, -0.2) is 9.97 Å². The number of piperidine rings is 1. The van der Waals surface area contributed by atoms with Gasteiger partial charge in [-0.3, -0.25) is 5.10 Å². The summed E-state index contributed by atoms with van der Waals surface area (Å²) >= 11 is 0. The maximum atomic E-state index is 4.36. The molecule has 1 saturated heterocycles. The van der Waals surface area contributed by atoms with E-state index in [9.17, 15) is 0 Å². The minimum Gasteiger partial charge on any atom is -0.356 e. The molecule has 5 nitrogen and oxygen atoms in total. The van der Waals surface area contributed by atoms with Crippen LogP contribution >= 0.6 is 0 Å². The van der Waals surface area contributed by atoms with Gasteiger partial charge in [-0.2, -0.15) is 5.10 Å². The normalized spacial score (nSPS) is 16.8. The molecule has 0 aliphatic carbocycles. The maximum Gasteiger partial charge on any atom is 0.132 e. The lowest BCUT2D eigenvalue weighted by Crippen LogP contribution is -2.33. The fraction of sp³-hybridized carbons (Fsp3) is 0.500. The van der Waals surface area contributed by atoms with E-state index in [2.05, 4.69) is 38.1 Å². The van der Waals surface area contributed by atoms with Gasteiger partial charge < -0.3 is 4.90 Å². The van der Waals surface area contributed by atoms with Crippen LogP contribution in [-0.2, 0) is 0 Å². The summed E-state index contributed by atoms with van der Waals surface area (Å²) in [6, 6.07) is 2.06. The van der Waals surface area contributed by atoms with Crippen molar-refractivity contribution in [1.82, 2.24) is 20.2 Å². The van der Waals surface area contributed by atoms with E-state index in [1.807, 2.05) is 13.1 Å². The highest BCUT2D eigenvalue weighted by molar-refractivity contribution is 5.39. The average molecular weight is 257 g/mol. The zero-order valence-electron chi connectivity index (χ0n) is 11.4. The Bertz CT molecular complexity index is 554. The number of nitrogens with zero attached hydrogens (tertiary/aromatic N) is 4. The summed E-state index contributed by atoms with van der Waals surface area (Å²) in [5, 5.41) is 7.27. The van der Waals surface area contributed by atoms with Gasteiger partial charge >= 0.3 is 0 Å². The average Bonchev–Trinajstić information content (AvgIpc) is 2.85. The zero-order valence-corrected chi connectivity index (χ0v) is 11.4. The van der Waals surface area contributed by atoms with E-state index in [4.69, 9.17) is 0 Å². The van der Waals surface area contributed by atoms with Crippen molar-refractivity contribution in [2.75, 3.05) is 18.0 Å². The third-order valence-corrected chi connectivity index (χ3v) is 3.88. The van der Waals surface area contributed by atoms with Crippen LogP contribution in [0.1, 0.15) is 35.7 Å². The summed E-state index contributed by atoms with van der Waals surface area (Å²) in [5.41, 5.74) is 3.60. The van der Waals surface area contributed by atoms with Gasteiger partial charge in [-0.05, 0) is 32.3 Å². The van der Waals surface area contributed by atoms with Crippen molar-refractivity contribution < 1.29 is 0 Å². The Labute approximate surface area is 113 Å². The number of aryl methyl sites for hydroxylation is 2. The molecule has 2 aromatic rings. The lowest BCUT2D eigenvalue weighted by molar-refractivity contribution is 0.491. The number of anilines is 1. The quantitative estimate of drug-likeness (QED) is 0.896. The molecular formula is C14H19N5. The van der Waals surface area contributed by atoms with E-state index in [1.54, 1.807) is 6.33 Å². The van der Waals surface area contributed by atoms with Crippen molar-refractivity contribution in [2.24, 2.45) is 0 Å². The Morgan fingerprint density at radius 1 is 1.21 bits per heavy atom. The standard InChI is InChI=1S/C14H19N5/c1-10-8-17-18-14(10)12-3-5-19(6-4-12)13-7-11(2)15-9-16-13/h7-9,12H,3-6H2,1-2H3,(H,17,18). The zero-order chi connectivity index (χ0) is 13.2. The van der Waals surface area contributed by atoms with E-state index in [-0.39, 0.29) is 0 Å². The van der Waals surface area contributed by atoms with Crippen LogP contribution < -0.4 is 4.90 Å². The first-order valence-corrected chi connectivity index (χ1v) is 6.77. The van der Waals surface area contributed by atoms with Gasteiger partial charge in [0.25, 0.3) is 0 Å². The van der Waals surface area contributed by atoms with E-state index < -0.39 is 0 Å². The molecule has 1 fully saturated rings. The largest absolute Gasteiger partial charge is 0.356 e. The van der Waals surface area contributed by atoms with Crippen molar-refractivity contribution in [3.63, 3.8) is 0 Å². The predicted octanol–water partition coefficient (Wildman–Crippen LogP) is 2.20. The Hall–Kier alpha value is -1.91. The topological polar surface area (TPSA) is 57.7 Å². The highest BCUT2D eigenvalue weighted by Crippen LogP contribution is 2.30. The number of rotatable bonds is 2. The monoisotopic (exact) mass is 257 g/mol. The molecule has 1 N–H and O–H groups in total. The van der Waals surface area contributed by atoms with Gasteiger partial charge in [-0.15, -0.1) is 0 Å². The molecule has 1 aliphatic rings. The van der Waals surface area contributed by atoms with Gasteiger partial charge in [0.05, 0.1) is 6.20 Å². The number of nitrogens with one attached hydrogen (secondary N) is 1. The maximum absolute atomic E-state index is 4.36. The van der Waals surface area contributed by atoms with Crippen LogP contribution in [-0.4, -0.2) is 33.3 Å². The first kappa shape index (κ1) is 12.1. The molecule has 1 aliphatic heterocycles. The first-order chi connectivity index (χ1) is 9.24. The molecule has 0 spiro atoms. The van der Waals surface area contributed by atoms with Gasteiger partial charge in [0.15, 0.2) is 0 Å². The fourth-order valence-corrected chi connectivity index (χ4v) is 2.78.